The molecule has 0 unspecified atom stereocenters. The predicted molar refractivity (Wildman–Crippen MR) is 94.1 cm³/mol. The SMILES string of the molecule is Cc1cc(NC(=O)CO/N=C\c2ccccc2OC(F)F)ccc1Br. The van der Waals surface area contributed by atoms with Crippen LogP contribution in [0.3, 0.4) is 0 Å². The number of oxime groups is 1. The maximum Gasteiger partial charge on any atom is 0.387 e. The van der Waals surface area contributed by atoms with E-state index in [2.05, 4.69) is 31.1 Å². The summed E-state index contributed by atoms with van der Waals surface area (Å²) in [7, 11) is 0. The lowest BCUT2D eigenvalue weighted by atomic mass is 10.2. The average Bonchev–Trinajstić information content (AvgIpc) is 2.56. The minimum atomic E-state index is -2.93. The molecule has 2 aromatic rings. The van der Waals surface area contributed by atoms with E-state index in [1.165, 1.54) is 18.3 Å². The number of anilines is 1. The largest absolute Gasteiger partial charge is 0.434 e. The van der Waals surface area contributed by atoms with Crippen molar-refractivity contribution in [3.63, 3.8) is 0 Å². The molecule has 2 rings (SSSR count). The van der Waals surface area contributed by atoms with E-state index in [1.54, 1.807) is 18.2 Å². The fraction of sp³-hybridized carbons (Fsp3) is 0.176. The number of carbonyl (C=O) groups excluding carboxylic acids is 1. The van der Waals surface area contributed by atoms with Gasteiger partial charge >= 0.3 is 6.61 Å². The summed E-state index contributed by atoms with van der Waals surface area (Å²) in [5.41, 5.74) is 1.92. The van der Waals surface area contributed by atoms with Crippen LogP contribution in [0.15, 0.2) is 52.1 Å². The molecule has 5 nitrogen and oxygen atoms in total. The van der Waals surface area contributed by atoms with Gasteiger partial charge in [0.1, 0.15) is 5.75 Å². The number of halogens is 3. The van der Waals surface area contributed by atoms with Crippen LogP contribution in [-0.4, -0.2) is 25.3 Å². The first-order valence-electron chi connectivity index (χ1n) is 7.21. The maximum atomic E-state index is 12.3. The number of nitrogens with zero attached hydrogens (tertiary/aromatic N) is 1. The Morgan fingerprint density at radius 3 is 2.80 bits per heavy atom. The van der Waals surface area contributed by atoms with Crippen molar-refractivity contribution in [3.05, 3.63) is 58.1 Å². The Kier molecular flexibility index (Phi) is 6.88. The summed E-state index contributed by atoms with van der Waals surface area (Å²) in [5, 5.41) is 6.27. The van der Waals surface area contributed by atoms with Crippen LogP contribution in [0, 0.1) is 6.92 Å². The zero-order valence-electron chi connectivity index (χ0n) is 13.2. The van der Waals surface area contributed by atoms with Gasteiger partial charge in [-0.05, 0) is 42.8 Å². The number of carbonyl (C=O) groups is 1. The fourth-order valence-corrected chi connectivity index (χ4v) is 2.15. The van der Waals surface area contributed by atoms with Crippen LogP contribution in [0.25, 0.3) is 0 Å². The van der Waals surface area contributed by atoms with E-state index in [4.69, 9.17) is 4.84 Å². The van der Waals surface area contributed by atoms with E-state index < -0.39 is 12.5 Å². The molecule has 0 atom stereocenters. The van der Waals surface area contributed by atoms with Crippen molar-refractivity contribution in [1.82, 2.24) is 0 Å². The zero-order chi connectivity index (χ0) is 18.2. The second-order valence-corrected chi connectivity index (χ2v) is 5.79. The van der Waals surface area contributed by atoms with Crippen LogP contribution in [0.5, 0.6) is 5.75 Å². The first kappa shape index (κ1) is 18.9. The molecule has 0 fully saturated rings. The van der Waals surface area contributed by atoms with Crippen LogP contribution in [0.4, 0.5) is 14.5 Å². The molecule has 25 heavy (non-hydrogen) atoms. The van der Waals surface area contributed by atoms with Crippen LogP contribution >= 0.6 is 15.9 Å². The number of ether oxygens (including phenoxy) is 1. The summed E-state index contributed by atoms with van der Waals surface area (Å²) in [4.78, 5) is 16.7. The van der Waals surface area contributed by atoms with Gasteiger partial charge in [0.25, 0.3) is 5.91 Å². The van der Waals surface area contributed by atoms with E-state index in [1.807, 2.05) is 19.1 Å². The lowest BCUT2D eigenvalue weighted by Gasteiger charge is -2.07. The van der Waals surface area contributed by atoms with Gasteiger partial charge in [0, 0.05) is 15.7 Å². The zero-order valence-corrected chi connectivity index (χ0v) is 14.8. The molecular weight excluding hydrogens is 398 g/mol. The summed E-state index contributed by atoms with van der Waals surface area (Å²) in [5.74, 6) is -0.421. The van der Waals surface area contributed by atoms with Gasteiger partial charge in [-0.15, -0.1) is 0 Å². The predicted octanol–water partition coefficient (Wildman–Crippen LogP) is 4.35. The highest BCUT2D eigenvalue weighted by Gasteiger charge is 2.08. The highest BCUT2D eigenvalue weighted by molar-refractivity contribution is 9.10. The third kappa shape index (κ3) is 6.15. The Hall–Kier alpha value is -2.48. The standard InChI is InChI=1S/C17H15BrF2N2O3/c1-11-8-13(6-7-14(11)18)22-16(23)10-24-21-9-12-4-2-3-5-15(12)25-17(19)20/h2-9,17H,10H2,1H3,(H,22,23)/b21-9-. The van der Waals surface area contributed by atoms with Gasteiger partial charge in [0.15, 0.2) is 6.61 Å². The Bertz CT molecular complexity index is 769. The minimum Gasteiger partial charge on any atom is -0.434 e. The smallest absolute Gasteiger partial charge is 0.387 e. The second-order valence-electron chi connectivity index (χ2n) is 4.94. The lowest BCUT2D eigenvalue weighted by molar-refractivity contribution is -0.120. The number of alkyl halides is 2. The topological polar surface area (TPSA) is 59.9 Å². The summed E-state index contributed by atoms with van der Waals surface area (Å²) in [6.45, 7) is -1.35. The van der Waals surface area contributed by atoms with E-state index >= 15 is 0 Å². The molecular formula is C17H15BrF2N2O3. The highest BCUT2D eigenvalue weighted by Crippen LogP contribution is 2.20. The van der Waals surface area contributed by atoms with E-state index in [0.717, 1.165) is 10.0 Å². The van der Waals surface area contributed by atoms with Gasteiger partial charge in [0.05, 0.1) is 6.21 Å². The van der Waals surface area contributed by atoms with Gasteiger partial charge in [-0.3, -0.25) is 4.79 Å². The van der Waals surface area contributed by atoms with Crippen molar-refractivity contribution in [3.8, 4) is 5.75 Å². The van der Waals surface area contributed by atoms with E-state index in [9.17, 15) is 13.6 Å². The van der Waals surface area contributed by atoms with Crippen LogP contribution < -0.4 is 10.1 Å². The van der Waals surface area contributed by atoms with Crippen molar-refractivity contribution < 1.29 is 23.1 Å². The van der Waals surface area contributed by atoms with Gasteiger partial charge in [0.2, 0.25) is 0 Å². The van der Waals surface area contributed by atoms with Gasteiger partial charge in [-0.25, -0.2) is 0 Å². The summed E-state index contributed by atoms with van der Waals surface area (Å²) in [6, 6.07) is 11.5. The second kappa shape index (κ2) is 9.12. The van der Waals surface area contributed by atoms with Crippen molar-refractivity contribution in [2.24, 2.45) is 5.16 Å². The summed E-state index contributed by atoms with van der Waals surface area (Å²) >= 11 is 3.38. The normalized spacial score (nSPS) is 10.9. The highest BCUT2D eigenvalue weighted by atomic mass is 79.9. The number of benzene rings is 2. The number of hydrogen-bond acceptors (Lipinski definition) is 4. The van der Waals surface area contributed by atoms with Crippen molar-refractivity contribution in [2.75, 3.05) is 11.9 Å². The molecule has 1 N–H and O–H groups in total. The molecule has 0 saturated carbocycles. The number of rotatable bonds is 7. The lowest BCUT2D eigenvalue weighted by Crippen LogP contribution is -2.17. The minimum absolute atomic E-state index is 0.0281. The molecule has 0 aliphatic carbocycles. The number of aryl methyl sites for hydroxylation is 1. The number of nitrogens with one attached hydrogen (secondary N) is 1. The Balaban J connectivity index is 1.86. The summed E-state index contributed by atoms with van der Waals surface area (Å²) < 4.78 is 29.9. The van der Waals surface area contributed by atoms with Crippen LogP contribution in [-0.2, 0) is 9.63 Å². The van der Waals surface area contributed by atoms with Crippen LogP contribution in [0.1, 0.15) is 11.1 Å². The molecule has 2 aromatic carbocycles. The monoisotopic (exact) mass is 412 g/mol. The number of hydrogen-bond donors (Lipinski definition) is 1. The first-order valence-corrected chi connectivity index (χ1v) is 8.00. The van der Waals surface area contributed by atoms with Crippen LogP contribution in [0.2, 0.25) is 0 Å². The Morgan fingerprint density at radius 2 is 2.08 bits per heavy atom. The third-order valence-electron chi connectivity index (χ3n) is 3.04. The summed E-state index contributed by atoms with van der Waals surface area (Å²) in [6.07, 6.45) is 1.20. The molecule has 0 aromatic heterocycles. The molecule has 8 heteroatoms. The molecule has 0 bridgehead atoms. The third-order valence-corrected chi connectivity index (χ3v) is 3.93. The number of amides is 1. The molecule has 132 valence electrons. The maximum absolute atomic E-state index is 12.3. The quantitative estimate of drug-likeness (QED) is 0.543. The van der Waals surface area contributed by atoms with Gasteiger partial charge < -0.3 is 14.9 Å². The van der Waals surface area contributed by atoms with E-state index in [-0.39, 0.29) is 12.4 Å². The molecule has 0 heterocycles. The molecule has 0 aliphatic heterocycles. The molecule has 0 spiro atoms. The number of para-hydroxylation sites is 1. The average molecular weight is 413 g/mol. The van der Waals surface area contributed by atoms with E-state index in [0.29, 0.717) is 11.3 Å². The van der Waals surface area contributed by atoms with Gasteiger partial charge in [-0.1, -0.05) is 33.2 Å². The molecule has 0 saturated heterocycles. The Labute approximate surface area is 151 Å². The Morgan fingerprint density at radius 1 is 1.32 bits per heavy atom. The molecule has 0 aliphatic rings. The molecule has 1 amide bonds. The van der Waals surface area contributed by atoms with Crippen molar-refractivity contribution in [1.29, 1.82) is 0 Å². The van der Waals surface area contributed by atoms with Crippen molar-refractivity contribution >= 4 is 33.7 Å². The fourth-order valence-electron chi connectivity index (χ4n) is 1.90. The van der Waals surface area contributed by atoms with Crippen molar-refractivity contribution in [2.45, 2.75) is 13.5 Å². The molecule has 0 radical (unpaired) electrons. The first-order chi connectivity index (χ1) is 12.0. The van der Waals surface area contributed by atoms with Gasteiger partial charge in [-0.2, -0.15) is 8.78 Å².